The van der Waals surface area contributed by atoms with Crippen LogP contribution in [0, 0.1) is 0 Å². The molecule has 1 aliphatic heterocycles. The van der Waals surface area contributed by atoms with Crippen molar-refractivity contribution < 1.29 is 4.79 Å². The first-order chi connectivity index (χ1) is 11.7. The molecule has 1 amide bonds. The van der Waals surface area contributed by atoms with Gasteiger partial charge < -0.3 is 5.32 Å². The van der Waals surface area contributed by atoms with E-state index in [-0.39, 0.29) is 5.91 Å². The largest absolute Gasteiger partial charge is 0.326 e. The fourth-order valence-electron chi connectivity index (χ4n) is 2.77. The third kappa shape index (κ3) is 2.58. The topological polar surface area (TPSA) is 79.3 Å². The number of nitrogens with one attached hydrogen (secondary N) is 2. The number of hydrogen-bond acceptors (Lipinski definition) is 5. The quantitative estimate of drug-likeness (QED) is 0.575. The molecule has 0 atom stereocenters. The van der Waals surface area contributed by atoms with Crippen molar-refractivity contribution in [1.82, 2.24) is 10.2 Å². The summed E-state index contributed by atoms with van der Waals surface area (Å²) in [6, 6.07) is 13.7. The highest BCUT2D eigenvalue weighted by Crippen LogP contribution is 2.24. The van der Waals surface area contributed by atoms with Crippen LogP contribution >= 0.6 is 0 Å². The summed E-state index contributed by atoms with van der Waals surface area (Å²) in [7, 11) is 0. The predicted octanol–water partition coefficient (Wildman–Crippen LogP) is 2.96. The highest BCUT2D eigenvalue weighted by molar-refractivity contribution is 6.03. The molecule has 118 valence electrons. The van der Waals surface area contributed by atoms with Gasteiger partial charge in [-0.1, -0.05) is 30.3 Å². The minimum Gasteiger partial charge on any atom is -0.326 e. The Morgan fingerprint density at radius 1 is 1.25 bits per heavy atom. The summed E-state index contributed by atoms with van der Waals surface area (Å²) in [4.78, 5) is 11.4. The molecular formula is C18H15N5O. The summed E-state index contributed by atoms with van der Waals surface area (Å²) in [5.41, 5.74) is 6.65. The third-order valence-electron chi connectivity index (χ3n) is 4.05. The Balaban J connectivity index is 1.62. The standard InChI is InChI=1S/C18H15N5O/c1-11(12-6-7-16-14(8-12)9-17(24)20-16)21-23-18-15-5-3-2-4-13(15)10-19-22-18/h2-8,10H,9H2,1H3,(H,20,24)(H,22,23)/b21-11+. The molecule has 1 aliphatic rings. The molecule has 3 aromatic rings. The summed E-state index contributed by atoms with van der Waals surface area (Å²) in [6.45, 7) is 1.91. The smallest absolute Gasteiger partial charge is 0.228 e. The average molecular weight is 317 g/mol. The fraction of sp³-hybridized carbons (Fsp3) is 0.111. The van der Waals surface area contributed by atoms with Gasteiger partial charge in [0, 0.05) is 16.5 Å². The van der Waals surface area contributed by atoms with Crippen molar-refractivity contribution in [2.75, 3.05) is 10.7 Å². The molecule has 0 fully saturated rings. The van der Waals surface area contributed by atoms with Gasteiger partial charge in [0.15, 0.2) is 5.82 Å². The van der Waals surface area contributed by atoms with Crippen LogP contribution in [-0.2, 0) is 11.2 Å². The summed E-state index contributed by atoms with van der Waals surface area (Å²) < 4.78 is 0. The number of nitrogens with zero attached hydrogens (tertiary/aromatic N) is 3. The van der Waals surface area contributed by atoms with Gasteiger partial charge in [-0.3, -0.25) is 10.2 Å². The van der Waals surface area contributed by atoms with E-state index in [4.69, 9.17) is 0 Å². The van der Waals surface area contributed by atoms with Crippen LogP contribution in [-0.4, -0.2) is 21.8 Å². The van der Waals surface area contributed by atoms with Gasteiger partial charge in [-0.25, -0.2) is 0 Å². The average Bonchev–Trinajstić information content (AvgIpc) is 2.98. The van der Waals surface area contributed by atoms with E-state index in [1.807, 2.05) is 49.4 Å². The molecular weight excluding hydrogens is 302 g/mol. The molecule has 4 rings (SSSR count). The van der Waals surface area contributed by atoms with Crippen LogP contribution < -0.4 is 10.7 Å². The van der Waals surface area contributed by atoms with Crippen molar-refractivity contribution in [3.63, 3.8) is 0 Å². The predicted molar refractivity (Wildman–Crippen MR) is 94.1 cm³/mol. The van der Waals surface area contributed by atoms with E-state index in [1.165, 1.54) is 0 Å². The molecule has 0 aliphatic carbocycles. The van der Waals surface area contributed by atoms with E-state index in [9.17, 15) is 4.79 Å². The molecule has 1 aromatic heterocycles. The highest BCUT2D eigenvalue weighted by Gasteiger charge is 2.17. The summed E-state index contributed by atoms with van der Waals surface area (Å²) in [5.74, 6) is 0.645. The van der Waals surface area contributed by atoms with Gasteiger partial charge in [-0.05, 0) is 30.2 Å². The SMILES string of the molecule is C/C(=N\Nc1nncc2ccccc12)c1ccc2c(c1)CC(=O)N2. The molecule has 0 radical (unpaired) electrons. The van der Waals surface area contributed by atoms with Crippen molar-refractivity contribution in [2.24, 2.45) is 5.10 Å². The Morgan fingerprint density at radius 3 is 3.04 bits per heavy atom. The number of rotatable bonds is 3. The second-order valence-electron chi connectivity index (χ2n) is 5.69. The Morgan fingerprint density at radius 2 is 2.12 bits per heavy atom. The Labute approximate surface area is 138 Å². The second-order valence-corrected chi connectivity index (χ2v) is 5.69. The zero-order valence-corrected chi connectivity index (χ0v) is 13.1. The molecule has 0 bridgehead atoms. The first-order valence-corrected chi connectivity index (χ1v) is 7.64. The molecule has 0 unspecified atom stereocenters. The van der Waals surface area contributed by atoms with E-state index in [0.29, 0.717) is 12.2 Å². The molecule has 2 aromatic carbocycles. The summed E-state index contributed by atoms with van der Waals surface area (Å²) >= 11 is 0. The Bertz CT molecular complexity index is 975. The zero-order chi connectivity index (χ0) is 16.5. The fourth-order valence-corrected chi connectivity index (χ4v) is 2.77. The molecule has 0 spiro atoms. The van der Waals surface area contributed by atoms with Crippen molar-refractivity contribution in [1.29, 1.82) is 0 Å². The summed E-state index contributed by atoms with van der Waals surface area (Å²) in [5, 5.41) is 17.3. The van der Waals surface area contributed by atoms with Crippen molar-refractivity contribution in [2.45, 2.75) is 13.3 Å². The van der Waals surface area contributed by atoms with E-state index in [1.54, 1.807) is 6.20 Å². The van der Waals surface area contributed by atoms with Crippen molar-refractivity contribution in [3.05, 3.63) is 59.8 Å². The maximum absolute atomic E-state index is 11.4. The number of hydrazone groups is 1. The van der Waals surface area contributed by atoms with Gasteiger partial charge in [0.1, 0.15) is 0 Å². The monoisotopic (exact) mass is 317 g/mol. The molecule has 2 N–H and O–H groups in total. The molecule has 6 heteroatoms. The van der Waals surface area contributed by atoms with E-state index in [2.05, 4.69) is 26.0 Å². The van der Waals surface area contributed by atoms with Crippen molar-refractivity contribution in [3.8, 4) is 0 Å². The third-order valence-corrected chi connectivity index (χ3v) is 4.05. The van der Waals surface area contributed by atoms with Gasteiger partial charge in [-0.2, -0.15) is 10.2 Å². The van der Waals surface area contributed by atoms with Crippen LogP contribution in [0.25, 0.3) is 10.8 Å². The maximum atomic E-state index is 11.4. The van der Waals surface area contributed by atoms with E-state index < -0.39 is 0 Å². The second kappa shape index (κ2) is 5.73. The van der Waals surface area contributed by atoms with Gasteiger partial charge >= 0.3 is 0 Å². The van der Waals surface area contributed by atoms with Gasteiger partial charge in [0.2, 0.25) is 5.91 Å². The van der Waals surface area contributed by atoms with Crippen LogP contribution in [0.1, 0.15) is 18.1 Å². The van der Waals surface area contributed by atoms with Gasteiger partial charge in [0.25, 0.3) is 0 Å². The minimum absolute atomic E-state index is 0.0286. The number of aromatic nitrogens is 2. The van der Waals surface area contributed by atoms with Crippen LogP contribution in [0.4, 0.5) is 11.5 Å². The Kier molecular flexibility index (Phi) is 3.42. The Hall–Kier alpha value is -3.28. The van der Waals surface area contributed by atoms with Crippen LogP contribution in [0.5, 0.6) is 0 Å². The van der Waals surface area contributed by atoms with Gasteiger partial charge in [-0.15, -0.1) is 5.10 Å². The number of benzene rings is 2. The number of hydrogen-bond donors (Lipinski definition) is 2. The number of carbonyl (C=O) groups is 1. The van der Waals surface area contributed by atoms with Crippen LogP contribution in [0.3, 0.4) is 0 Å². The number of fused-ring (bicyclic) bond motifs is 2. The molecule has 0 saturated heterocycles. The maximum Gasteiger partial charge on any atom is 0.228 e. The molecule has 6 nitrogen and oxygen atoms in total. The van der Waals surface area contributed by atoms with Crippen molar-refractivity contribution >= 4 is 33.9 Å². The number of anilines is 2. The lowest BCUT2D eigenvalue weighted by Crippen LogP contribution is -2.03. The number of carbonyl (C=O) groups excluding carboxylic acids is 1. The summed E-state index contributed by atoms with van der Waals surface area (Å²) in [6.07, 6.45) is 2.14. The van der Waals surface area contributed by atoms with Crippen LogP contribution in [0.15, 0.2) is 53.8 Å². The minimum atomic E-state index is 0.0286. The van der Waals surface area contributed by atoms with E-state index in [0.717, 1.165) is 33.3 Å². The van der Waals surface area contributed by atoms with Crippen LogP contribution in [0.2, 0.25) is 0 Å². The normalized spacial score (nSPS) is 13.7. The first kappa shape index (κ1) is 14.3. The van der Waals surface area contributed by atoms with E-state index >= 15 is 0 Å². The number of amides is 1. The lowest BCUT2D eigenvalue weighted by atomic mass is 10.1. The lowest BCUT2D eigenvalue weighted by Gasteiger charge is -2.06. The molecule has 2 heterocycles. The molecule has 0 saturated carbocycles. The molecule has 24 heavy (non-hydrogen) atoms. The highest BCUT2D eigenvalue weighted by atomic mass is 16.1. The van der Waals surface area contributed by atoms with Gasteiger partial charge in [0.05, 0.1) is 18.3 Å². The zero-order valence-electron chi connectivity index (χ0n) is 13.1. The lowest BCUT2D eigenvalue weighted by molar-refractivity contribution is -0.115. The first-order valence-electron chi connectivity index (χ1n) is 7.64.